The lowest BCUT2D eigenvalue weighted by Crippen LogP contribution is -2.44. The van der Waals surface area contributed by atoms with Gasteiger partial charge in [0.1, 0.15) is 17.4 Å². The van der Waals surface area contributed by atoms with E-state index in [-0.39, 0.29) is 29.1 Å². The molecule has 1 aromatic carbocycles. The van der Waals surface area contributed by atoms with Crippen molar-refractivity contribution in [2.75, 3.05) is 12.4 Å². The molecule has 32 heavy (non-hydrogen) atoms. The van der Waals surface area contributed by atoms with Crippen molar-refractivity contribution in [3.63, 3.8) is 0 Å². The number of Topliss-reactive ketones (excluding diaryl/α,β-unsaturated/α-hetero) is 1. The third kappa shape index (κ3) is 4.32. The standard InChI is InChI=1S/C22H22F4N2O4/c1-11(29)16-9-12(7-8-27-16)28-20(30)19-14(10-21(2,32-19)22(3,25)26)13-5-6-15(23)17(24)18(13)31-4/h5-9,14,19H,10H2,1-4H3,(H,27,28,30)/t14-,19+,21+/m1/s1. The van der Waals surface area contributed by atoms with E-state index < -0.39 is 46.8 Å². The largest absolute Gasteiger partial charge is 0.493 e. The Balaban J connectivity index is 2.01. The van der Waals surface area contributed by atoms with Crippen LogP contribution < -0.4 is 10.1 Å². The van der Waals surface area contributed by atoms with Crippen LogP contribution in [0.4, 0.5) is 23.2 Å². The van der Waals surface area contributed by atoms with E-state index in [2.05, 4.69) is 10.3 Å². The van der Waals surface area contributed by atoms with E-state index >= 15 is 0 Å². The van der Waals surface area contributed by atoms with Gasteiger partial charge in [0.2, 0.25) is 5.82 Å². The lowest BCUT2D eigenvalue weighted by atomic mass is 9.84. The molecule has 0 aliphatic carbocycles. The summed E-state index contributed by atoms with van der Waals surface area (Å²) in [6, 6.07) is 4.77. The molecule has 1 amide bonds. The van der Waals surface area contributed by atoms with E-state index in [1.165, 1.54) is 31.3 Å². The van der Waals surface area contributed by atoms with Gasteiger partial charge in [-0.25, -0.2) is 13.2 Å². The fraction of sp³-hybridized carbons (Fsp3) is 0.409. The molecular weight excluding hydrogens is 432 g/mol. The van der Waals surface area contributed by atoms with Crippen molar-refractivity contribution in [3.8, 4) is 5.75 Å². The number of hydrogen-bond acceptors (Lipinski definition) is 5. The highest BCUT2D eigenvalue weighted by atomic mass is 19.3. The smallest absolute Gasteiger partial charge is 0.273 e. The second kappa shape index (κ2) is 8.50. The van der Waals surface area contributed by atoms with Crippen molar-refractivity contribution in [1.29, 1.82) is 0 Å². The number of carbonyl (C=O) groups is 2. The van der Waals surface area contributed by atoms with Crippen LogP contribution in [0.25, 0.3) is 0 Å². The minimum Gasteiger partial charge on any atom is -0.493 e. The zero-order valence-electron chi connectivity index (χ0n) is 17.8. The minimum absolute atomic E-state index is 0.0266. The van der Waals surface area contributed by atoms with E-state index in [1.54, 1.807) is 0 Å². The summed E-state index contributed by atoms with van der Waals surface area (Å²) in [5, 5.41) is 2.52. The van der Waals surface area contributed by atoms with Gasteiger partial charge in [0.05, 0.1) is 7.11 Å². The zero-order chi connectivity index (χ0) is 23.8. The molecule has 3 rings (SSSR count). The summed E-state index contributed by atoms with van der Waals surface area (Å²) < 4.78 is 67.3. The van der Waals surface area contributed by atoms with E-state index in [0.717, 1.165) is 20.1 Å². The second-order valence-electron chi connectivity index (χ2n) is 7.93. The Morgan fingerprint density at radius 1 is 1.28 bits per heavy atom. The number of alkyl halides is 2. The van der Waals surface area contributed by atoms with Crippen molar-refractivity contribution in [3.05, 3.63) is 53.4 Å². The molecule has 172 valence electrons. The number of benzene rings is 1. The number of carbonyl (C=O) groups excluding carboxylic acids is 2. The van der Waals surface area contributed by atoms with Gasteiger partial charge in [-0.2, -0.15) is 4.39 Å². The highest BCUT2D eigenvalue weighted by Gasteiger charge is 2.58. The van der Waals surface area contributed by atoms with E-state index in [4.69, 9.17) is 9.47 Å². The molecule has 1 N–H and O–H groups in total. The summed E-state index contributed by atoms with van der Waals surface area (Å²) in [4.78, 5) is 28.5. The average Bonchev–Trinajstić information content (AvgIpc) is 3.09. The number of halogens is 4. The van der Waals surface area contributed by atoms with E-state index in [0.29, 0.717) is 6.92 Å². The number of amides is 1. The number of aromatic nitrogens is 1. The van der Waals surface area contributed by atoms with Crippen LogP contribution in [-0.2, 0) is 9.53 Å². The van der Waals surface area contributed by atoms with Crippen molar-refractivity contribution in [2.24, 2.45) is 0 Å². The van der Waals surface area contributed by atoms with Crippen LogP contribution in [0.2, 0.25) is 0 Å². The van der Waals surface area contributed by atoms with Gasteiger partial charge < -0.3 is 14.8 Å². The van der Waals surface area contributed by atoms with Gasteiger partial charge in [-0.3, -0.25) is 14.6 Å². The molecule has 1 aliphatic heterocycles. The molecule has 0 unspecified atom stereocenters. The molecular formula is C22H22F4N2O4. The third-order valence-electron chi connectivity index (χ3n) is 5.62. The van der Waals surface area contributed by atoms with E-state index in [1.807, 2.05) is 0 Å². The Bertz CT molecular complexity index is 1060. The molecule has 1 fully saturated rings. The number of nitrogens with one attached hydrogen (secondary N) is 1. The number of ether oxygens (including phenoxy) is 2. The molecule has 10 heteroatoms. The molecule has 1 saturated heterocycles. The Morgan fingerprint density at radius 3 is 2.56 bits per heavy atom. The number of rotatable bonds is 6. The summed E-state index contributed by atoms with van der Waals surface area (Å²) in [7, 11) is 1.11. The molecule has 2 heterocycles. The minimum atomic E-state index is -3.34. The first-order valence-electron chi connectivity index (χ1n) is 9.73. The number of pyridine rings is 1. The summed E-state index contributed by atoms with van der Waals surface area (Å²) in [5.41, 5.74) is -1.73. The predicted octanol–water partition coefficient (Wildman–Crippen LogP) is 4.50. The molecule has 0 spiro atoms. The van der Waals surface area contributed by atoms with Crippen molar-refractivity contribution in [1.82, 2.24) is 4.98 Å². The topological polar surface area (TPSA) is 77.5 Å². The number of hydrogen-bond donors (Lipinski definition) is 1. The number of methoxy groups -OCH3 is 1. The molecule has 0 bridgehead atoms. The van der Waals surface area contributed by atoms with Gasteiger partial charge in [-0.05, 0) is 31.5 Å². The molecule has 3 atom stereocenters. The Kier molecular flexibility index (Phi) is 6.28. The van der Waals surface area contributed by atoms with Crippen LogP contribution in [0.15, 0.2) is 30.5 Å². The molecule has 0 saturated carbocycles. The molecule has 2 aromatic rings. The fourth-order valence-corrected chi connectivity index (χ4v) is 3.69. The zero-order valence-corrected chi connectivity index (χ0v) is 17.8. The van der Waals surface area contributed by atoms with Gasteiger partial charge in [0.25, 0.3) is 11.8 Å². The number of ketones is 1. The van der Waals surface area contributed by atoms with Gasteiger partial charge in [0.15, 0.2) is 17.3 Å². The lowest BCUT2D eigenvalue weighted by Gasteiger charge is -2.30. The Morgan fingerprint density at radius 2 is 1.97 bits per heavy atom. The van der Waals surface area contributed by atoms with Crippen LogP contribution in [0, 0.1) is 11.6 Å². The van der Waals surface area contributed by atoms with Crippen LogP contribution >= 0.6 is 0 Å². The van der Waals surface area contributed by atoms with Crippen molar-refractivity contribution >= 4 is 17.4 Å². The van der Waals surface area contributed by atoms with Gasteiger partial charge in [0, 0.05) is 37.2 Å². The maximum absolute atomic E-state index is 14.4. The molecule has 1 aliphatic rings. The van der Waals surface area contributed by atoms with Crippen LogP contribution in [-0.4, -0.2) is 41.4 Å². The average molecular weight is 454 g/mol. The summed E-state index contributed by atoms with van der Waals surface area (Å²) in [6.45, 7) is 3.11. The lowest BCUT2D eigenvalue weighted by molar-refractivity contribution is -0.184. The first-order valence-corrected chi connectivity index (χ1v) is 9.73. The van der Waals surface area contributed by atoms with Crippen LogP contribution in [0.5, 0.6) is 5.75 Å². The van der Waals surface area contributed by atoms with Crippen LogP contribution in [0.3, 0.4) is 0 Å². The first kappa shape index (κ1) is 23.6. The van der Waals surface area contributed by atoms with E-state index in [9.17, 15) is 27.2 Å². The molecule has 0 radical (unpaired) electrons. The monoisotopic (exact) mass is 454 g/mol. The first-order chi connectivity index (χ1) is 14.9. The maximum atomic E-state index is 14.4. The summed E-state index contributed by atoms with van der Waals surface area (Å²) in [6.07, 6.45) is -0.522. The number of nitrogens with zero attached hydrogens (tertiary/aromatic N) is 1. The van der Waals surface area contributed by atoms with Gasteiger partial charge >= 0.3 is 0 Å². The van der Waals surface area contributed by atoms with Crippen molar-refractivity contribution < 1.29 is 36.6 Å². The fourth-order valence-electron chi connectivity index (χ4n) is 3.69. The van der Waals surface area contributed by atoms with Crippen LogP contribution in [0.1, 0.15) is 49.2 Å². The van der Waals surface area contributed by atoms with Gasteiger partial charge in [-0.1, -0.05) is 6.07 Å². The Labute approximate surface area is 181 Å². The van der Waals surface area contributed by atoms with Gasteiger partial charge in [-0.15, -0.1) is 0 Å². The second-order valence-corrected chi connectivity index (χ2v) is 7.93. The third-order valence-corrected chi connectivity index (χ3v) is 5.62. The molecule has 6 nitrogen and oxygen atoms in total. The maximum Gasteiger partial charge on any atom is 0.273 e. The predicted molar refractivity (Wildman–Crippen MR) is 107 cm³/mol. The summed E-state index contributed by atoms with van der Waals surface area (Å²) >= 11 is 0. The highest BCUT2D eigenvalue weighted by Crippen LogP contribution is 2.50. The molecule has 1 aromatic heterocycles. The van der Waals surface area contributed by atoms with Crippen molar-refractivity contribution in [2.45, 2.75) is 50.7 Å². The normalized spacial score (nSPS) is 23.1. The number of anilines is 1. The highest BCUT2D eigenvalue weighted by molar-refractivity contribution is 5.97. The quantitative estimate of drug-likeness (QED) is 0.514. The Hall–Kier alpha value is -3.01. The SMILES string of the molecule is COc1c([C@H]2C[C@@](C)(C(C)(F)F)O[C@@H]2C(=O)Nc2ccnc(C(C)=O)c2)ccc(F)c1F. The summed E-state index contributed by atoms with van der Waals surface area (Å²) in [5.74, 6) is -8.49.